The zero-order valence-electron chi connectivity index (χ0n) is 18.9. The zero-order valence-corrected chi connectivity index (χ0v) is 18.9. The van der Waals surface area contributed by atoms with Gasteiger partial charge in [0.1, 0.15) is 17.1 Å². The number of halogens is 1. The summed E-state index contributed by atoms with van der Waals surface area (Å²) in [6.07, 6.45) is 3.72. The minimum absolute atomic E-state index is 0.0668. The van der Waals surface area contributed by atoms with Crippen LogP contribution in [0.2, 0.25) is 0 Å². The molecule has 4 rings (SSSR count). The van der Waals surface area contributed by atoms with E-state index in [-0.39, 0.29) is 24.0 Å². The highest BCUT2D eigenvalue weighted by Gasteiger charge is 2.27. The van der Waals surface area contributed by atoms with Gasteiger partial charge in [-0.05, 0) is 62.7 Å². The van der Waals surface area contributed by atoms with Crippen molar-refractivity contribution in [2.24, 2.45) is 0 Å². The first-order chi connectivity index (χ1) is 16.0. The third-order valence-corrected chi connectivity index (χ3v) is 6.17. The van der Waals surface area contributed by atoms with Crippen LogP contribution in [-0.2, 0) is 0 Å². The molecule has 0 bridgehead atoms. The zero-order chi connectivity index (χ0) is 23.4. The SMILES string of the molecule is COc1ccccc1-n1ccc(C)c(C(=O)NCC(c2ccccc2F)N2CCCC2)c1=O. The van der Waals surface area contributed by atoms with Gasteiger partial charge in [-0.1, -0.05) is 30.3 Å². The molecule has 1 N–H and O–H groups in total. The van der Waals surface area contributed by atoms with Gasteiger partial charge in [0.15, 0.2) is 0 Å². The minimum Gasteiger partial charge on any atom is -0.495 e. The number of para-hydroxylation sites is 2. The number of pyridine rings is 1. The minimum atomic E-state index is -0.470. The number of hydrogen-bond donors (Lipinski definition) is 1. The Morgan fingerprint density at radius 3 is 2.52 bits per heavy atom. The Balaban J connectivity index is 1.63. The van der Waals surface area contributed by atoms with Crippen LogP contribution < -0.4 is 15.6 Å². The van der Waals surface area contributed by atoms with Crippen LogP contribution in [0.5, 0.6) is 5.75 Å². The number of rotatable bonds is 7. The molecule has 7 heteroatoms. The van der Waals surface area contributed by atoms with Gasteiger partial charge >= 0.3 is 0 Å². The van der Waals surface area contributed by atoms with E-state index in [1.54, 1.807) is 55.6 Å². The van der Waals surface area contributed by atoms with Gasteiger partial charge in [-0.15, -0.1) is 0 Å². The first-order valence-corrected chi connectivity index (χ1v) is 11.1. The number of aryl methyl sites for hydroxylation is 1. The average molecular weight is 450 g/mol. The summed E-state index contributed by atoms with van der Waals surface area (Å²) in [6, 6.07) is 15.2. The molecule has 1 aliphatic heterocycles. The van der Waals surface area contributed by atoms with Gasteiger partial charge in [-0.3, -0.25) is 19.1 Å². The normalized spacial score (nSPS) is 14.8. The lowest BCUT2D eigenvalue weighted by Crippen LogP contribution is -2.40. The number of hydrogen-bond acceptors (Lipinski definition) is 4. The number of aromatic nitrogens is 1. The fraction of sp³-hybridized carbons (Fsp3) is 0.308. The lowest BCUT2D eigenvalue weighted by molar-refractivity contribution is 0.0934. The Hall–Kier alpha value is -3.45. The van der Waals surface area contributed by atoms with E-state index in [4.69, 9.17) is 4.74 Å². The van der Waals surface area contributed by atoms with E-state index in [0.29, 0.717) is 22.6 Å². The fourth-order valence-electron chi connectivity index (χ4n) is 4.43. The lowest BCUT2D eigenvalue weighted by Gasteiger charge is -2.28. The Morgan fingerprint density at radius 1 is 1.09 bits per heavy atom. The summed E-state index contributed by atoms with van der Waals surface area (Å²) in [7, 11) is 1.53. The summed E-state index contributed by atoms with van der Waals surface area (Å²) in [6.45, 7) is 3.64. The molecule has 1 unspecified atom stereocenters. The Morgan fingerprint density at radius 2 is 1.79 bits per heavy atom. The monoisotopic (exact) mass is 449 g/mol. The van der Waals surface area contributed by atoms with Crippen LogP contribution in [-0.4, -0.2) is 42.1 Å². The van der Waals surface area contributed by atoms with Crippen LogP contribution in [0.25, 0.3) is 5.69 Å². The van der Waals surface area contributed by atoms with Crippen molar-refractivity contribution in [1.82, 2.24) is 14.8 Å². The molecule has 1 fully saturated rings. The smallest absolute Gasteiger partial charge is 0.268 e. The number of methoxy groups -OCH3 is 1. The molecule has 1 aliphatic rings. The summed E-state index contributed by atoms with van der Waals surface area (Å²) < 4.78 is 21.4. The van der Waals surface area contributed by atoms with E-state index < -0.39 is 11.5 Å². The van der Waals surface area contributed by atoms with Crippen molar-refractivity contribution < 1.29 is 13.9 Å². The van der Waals surface area contributed by atoms with Crippen LogP contribution >= 0.6 is 0 Å². The second kappa shape index (κ2) is 10.0. The summed E-state index contributed by atoms with van der Waals surface area (Å²) in [4.78, 5) is 28.7. The van der Waals surface area contributed by atoms with Crippen molar-refractivity contribution >= 4 is 5.91 Å². The predicted molar refractivity (Wildman–Crippen MR) is 126 cm³/mol. The molecule has 0 spiro atoms. The highest BCUT2D eigenvalue weighted by atomic mass is 19.1. The Kier molecular flexibility index (Phi) is 6.89. The molecular weight excluding hydrogens is 421 g/mol. The van der Waals surface area contributed by atoms with Crippen molar-refractivity contribution in [2.45, 2.75) is 25.8 Å². The number of carbonyl (C=O) groups excluding carboxylic acids is 1. The molecule has 172 valence electrons. The van der Waals surface area contributed by atoms with Gasteiger partial charge in [0.05, 0.1) is 18.8 Å². The molecule has 1 amide bonds. The van der Waals surface area contributed by atoms with E-state index in [1.165, 1.54) is 17.7 Å². The number of nitrogens with zero attached hydrogens (tertiary/aromatic N) is 2. The molecule has 2 aromatic carbocycles. The molecule has 6 nitrogen and oxygen atoms in total. The van der Waals surface area contributed by atoms with Gasteiger partial charge in [0, 0.05) is 18.3 Å². The van der Waals surface area contributed by atoms with Crippen molar-refractivity contribution in [3.8, 4) is 11.4 Å². The predicted octanol–water partition coefficient (Wildman–Crippen LogP) is 3.86. The van der Waals surface area contributed by atoms with Gasteiger partial charge in [-0.2, -0.15) is 0 Å². The summed E-state index contributed by atoms with van der Waals surface area (Å²) in [5.41, 5.74) is 1.32. The topological polar surface area (TPSA) is 63.6 Å². The molecule has 0 aliphatic carbocycles. The third-order valence-electron chi connectivity index (χ3n) is 6.17. The van der Waals surface area contributed by atoms with Crippen molar-refractivity contribution in [3.05, 3.63) is 93.7 Å². The highest BCUT2D eigenvalue weighted by molar-refractivity contribution is 5.95. The maximum Gasteiger partial charge on any atom is 0.268 e. The highest BCUT2D eigenvalue weighted by Crippen LogP contribution is 2.27. The van der Waals surface area contributed by atoms with Crippen LogP contribution in [0.1, 0.15) is 40.4 Å². The molecule has 1 aromatic heterocycles. The average Bonchev–Trinajstić information content (AvgIpc) is 3.35. The van der Waals surface area contributed by atoms with Gasteiger partial charge < -0.3 is 10.1 Å². The molecule has 3 aromatic rings. The van der Waals surface area contributed by atoms with Gasteiger partial charge in [0.2, 0.25) is 0 Å². The first kappa shape index (κ1) is 22.7. The first-order valence-electron chi connectivity index (χ1n) is 11.1. The summed E-state index contributed by atoms with van der Waals surface area (Å²) >= 11 is 0. The largest absolute Gasteiger partial charge is 0.495 e. The van der Waals surface area contributed by atoms with Crippen LogP contribution in [0.15, 0.2) is 65.6 Å². The molecular formula is C26H28FN3O3. The molecule has 2 heterocycles. The summed E-state index contributed by atoms with van der Waals surface area (Å²) in [5, 5.41) is 2.90. The van der Waals surface area contributed by atoms with Gasteiger partial charge in [-0.25, -0.2) is 4.39 Å². The standard InChI is InChI=1S/C26H28FN3O3/c1-18-13-16-30(21-11-5-6-12-23(21)33-2)26(32)24(18)25(31)28-17-22(29-14-7-8-15-29)19-9-3-4-10-20(19)27/h3-6,9-13,16,22H,7-8,14-15,17H2,1-2H3,(H,28,31). The molecule has 33 heavy (non-hydrogen) atoms. The lowest BCUT2D eigenvalue weighted by atomic mass is 10.0. The van der Waals surface area contributed by atoms with E-state index in [0.717, 1.165) is 25.9 Å². The Labute approximate surface area is 192 Å². The second-order valence-electron chi connectivity index (χ2n) is 8.21. The number of carbonyl (C=O) groups is 1. The van der Waals surface area contributed by atoms with E-state index in [9.17, 15) is 14.0 Å². The van der Waals surface area contributed by atoms with Crippen LogP contribution in [0.3, 0.4) is 0 Å². The fourth-order valence-corrected chi connectivity index (χ4v) is 4.43. The third kappa shape index (κ3) is 4.68. The maximum atomic E-state index is 14.6. The van der Waals surface area contributed by atoms with E-state index >= 15 is 0 Å². The van der Waals surface area contributed by atoms with Gasteiger partial charge in [0.25, 0.3) is 11.5 Å². The second-order valence-corrected chi connectivity index (χ2v) is 8.21. The summed E-state index contributed by atoms with van der Waals surface area (Å²) in [5.74, 6) is -0.233. The quantitative estimate of drug-likeness (QED) is 0.595. The number of likely N-dealkylation sites (tertiary alicyclic amines) is 1. The Bertz CT molecular complexity index is 1200. The molecule has 0 saturated carbocycles. The van der Waals surface area contributed by atoms with Crippen LogP contribution in [0.4, 0.5) is 4.39 Å². The number of ether oxygens (including phenoxy) is 1. The number of amides is 1. The molecule has 1 atom stereocenters. The molecule has 1 saturated heterocycles. The van der Waals surface area contributed by atoms with Crippen molar-refractivity contribution in [3.63, 3.8) is 0 Å². The number of nitrogens with one attached hydrogen (secondary N) is 1. The van der Waals surface area contributed by atoms with E-state index in [2.05, 4.69) is 10.2 Å². The maximum absolute atomic E-state index is 14.6. The molecule has 0 radical (unpaired) electrons. The van der Waals surface area contributed by atoms with Crippen molar-refractivity contribution in [1.29, 1.82) is 0 Å². The van der Waals surface area contributed by atoms with E-state index in [1.807, 2.05) is 6.07 Å². The number of benzene rings is 2. The van der Waals surface area contributed by atoms with Crippen LogP contribution in [0, 0.1) is 12.7 Å². The van der Waals surface area contributed by atoms with Crippen molar-refractivity contribution in [2.75, 3.05) is 26.7 Å².